The highest BCUT2D eigenvalue weighted by molar-refractivity contribution is 5.75. The lowest BCUT2D eigenvalue weighted by Crippen LogP contribution is -2.23. The number of carbonyl (C=O) groups is 1. The van der Waals surface area contributed by atoms with Crippen molar-refractivity contribution >= 4 is 5.97 Å². The Labute approximate surface area is 69.0 Å². The maximum Gasteiger partial charge on any atom is 0.313 e. The van der Waals surface area contributed by atoms with Crippen molar-refractivity contribution in [1.29, 1.82) is 0 Å². The van der Waals surface area contributed by atoms with Crippen LogP contribution in [0.5, 0.6) is 0 Å². The number of nitrogens with zero attached hydrogens (tertiary/aromatic N) is 3. The van der Waals surface area contributed by atoms with E-state index in [1.54, 1.807) is 7.05 Å². The molecule has 0 bridgehead atoms. The van der Waals surface area contributed by atoms with E-state index >= 15 is 0 Å². The Morgan fingerprint density at radius 3 is 2.92 bits per heavy atom. The molecule has 1 aromatic rings. The molecule has 0 spiro atoms. The standard InChI is InChI=1S/C6H10N4O2/c1-10-5(3-8-9-10)4(2-7)6(11)12/h3-4H,2,7H2,1H3,(H,11,12). The van der Waals surface area contributed by atoms with Crippen LogP contribution in [0.1, 0.15) is 11.6 Å². The first-order valence-electron chi connectivity index (χ1n) is 3.44. The highest BCUT2D eigenvalue weighted by Gasteiger charge is 2.21. The first-order valence-corrected chi connectivity index (χ1v) is 3.44. The van der Waals surface area contributed by atoms with Crippen LogP contribution in [0.15, 0.2) is 6.20 Å². The molecule has 1 rings (SSSR count). The number of nitrogens with two attached hydrogens (primary N) is 1. The van der Waals surface area contributed by atoms with Gasteiger partial charge >= 0.3 is 5.97 Å². The number of rotatable bonds is 3. The number of aliphatic carboxylic acids is 1. The van der Waals surface area contributed by atoms with Gasteiger partial charge in [0.25, 0.3) is 0 Å². The first kappa shape index (κ1) is 8.66. The number of hydrogen-bond donors (Lipinski definition) is 2. The molecule has 6 heteroatoms. The molecule has 1 heterocycles. The average Bonchev–Trinajstić information content (AvgIpc) is 2.38. The van der Waals surface area contributed by atoms with Crippen LogP contribution < -0.4 is 5.73 Å². The van der Waals surface area contributed by atoms with E-state index in [1.165, 1.54) is 10.9 Å². The van der Waals surface area contributed by atoms with Crippen molar-refractivity contribution in [2.24, 2.45) is 12.8 Å². The topological polar surface area (TPSA) is 94.0 Å². The summed E-state index contributed by atoms with van der Waals surface area (Å²) in [6, 6.07) is 0. The van der Waals surface area contributed by atoms with Gasteiger partial charge in [-0.2, -0.15) is 0 Å². The molecule has 0 fully saturated rings. The molecule has 0 aliphatic heterocycles. The number of carboxylic acid groups (broad SMARTS) is 1. The predicted octanol–water partition coefficient (Wildman–Crippen LogP) is -1.06. The second kappa shape index (κ2) is 3.31. The molecule has 0 saturated heterocycles. The van der Waals surface area contributed by atoms with E-state index in [2.05, 4.69) is 10.3 Å². The Morgan fingerprint density at radius 2 is 2.58 bits per heavy atom. The highest BCUT2D eigenvalue weighted by Crippen LogP contribution is 2.11. The minimum atomic E-state index is -0.956. The van der Waals surface area contributed by atoms with E-state index in [4.69, 9.17) is 10.8 Å². The molecule has 1 atom stereocenters. The lowest BCUT2D eigenvalue weighted by molar-refractivity contribution is -0.138. The fourth-order valence-electron chi connectivity index (χ4n) is 0.961. The van der Waals surface area contributed by atoms with Crippen molar-refractivity contribution in [3.8, 4) is 0 Å². The summed E-state index contributed by atoms with van der Waals surface area (Å²) in [6.45, 7) is 0.0521. The first-order chi connectivity index (χ1) is 5.66. The molecule has 6 nitrogen and oxygen atoms in total. The third kappa shape index (κ3) is 1.42. The monoisotopic (exact) mass is 170 g/mol. The quantitative estimate of drug-likeness (QED) is 0.603. The van der Waals surface area contributed by atoms with Crippen LogP contribution in [0.3, 0.4) is 0 Å². The van der Waals surface area contributed by atoms with Gasteiger partial charge in [0.1, 0.15) is 5.92 Å². The van der Waals surface area contributed by atoms with E-state index < -0.39 is 11.9 Å². The molecule has 1 aromatic heterocycles. The van der Waals surface area contributed by atoms with Crippen molar-refractivity contribution in [3.63, 3.8) is 0 Å². The highest BCUT2D eigenvalue weighted by atomic mass is 16.4. The summed E-state index contributed by atoms with van der Waals surface area (Å²) in [5.41, 5.74) is 5.80. The molecule has 0 aromatic carbocycles. The van der Waals surface area contributed by atoms with Gasteiger partial charge in [-0.05, 0) is 0 Å². The summed E-state index contributed by atoms with van der Waals surface area (Å²) >= 11 is 0. The molecule has 0 aliphatic rings. The molecular weight excluding hydrogens is 160 g/mol. The molecule has 0 saturated carbocycles. The SMILES string of the molecule is Cn1nncc1C(CN)C(=O)O. The number of aromatic nitrogens is 3. The second-order valence-electron chi connectivity index (χ2n) is 2.41. The van der Waals surface area contributed by atoms with Crippen molar-refractivity contribution in [2.75, 3.05) is 6.54 Å². The predicted molar refractivity (Wildman–Crippen MR) is 40.4 cm³/mol. The molecule has 3 N–H and O–H groups in total. The summed E-state index contributed by atoms with van der Waals surface area (Å²) in [6.07, 6.45) is 1.41. The molecule has 12 heavy (non-hydrogen) atoms. The van der Waals surface area contributed by atoms with Gasteiger partial charge in [0.15, 0.2) is 0 Å². The molecule has 0 radical (unpaired) electrons. The van der Waals surface area contributed by atoms with Gasteiger partial charge in [-0.15, -0.1) is 5.10 Å². The van der Waals surface area contributed by atoms with Gasteiger partial charge in [-0.3, -0.25) is 9.48 Å². The second-order valence-corrected chi connectivity index (χ2v) is 2.41. The number of carboxylic acids is 1. The largest absolute Gasteiger partial charge is 0.481 e. The van der Waals surface area contributed by atoms with Crippen LogP contribution >= 0.6 is 0 Å². The van der Waals surface area contributed by atoms with Crippen LogP contribution in [-0.2, 0) is 11.8 Å². The summed E-state index contributed by atoms with van der Waals surface area (Å²) in [5.74, 6) is -1.67. The van der Waals surface area contributed by atoms with Gasteiger partial charge < -0.3 is 10.8 Å². The van der Waals surface area contributed by atoms with Crippen LogP contribution in [0.25, 0.3) is 0 Å². The van der Waals surface area contributed by atoms with Gasteiger partial charge in [-0.25, -0.2) is 0 Å². The van der Waals surface area contributed by atoms with Gasteiger partial charge in [-0.1, -0.05) is 5.21 Å². The smallest absolute Gasteiger partial charge is 0.313 e. The molecular formula is C6H10N4O2. The number of aryl methyl sites for hydroxylation is 1. The Balaban J connectivity index is 2.94. The molecule has 0 amide bonds. The normalized spacial score (nSPS) is 12.8. The van der Waals surface area contributed by atoms with Crippen LogP contribution in [0, 0.1) is 0 Å². The van der Waals surface area contributed by atoms with Gasteiger partial charge in [0.05, 0.1) is 11.9 Å². The summed E-state index contributed by atoms with van der Waals surface area (Å²) in [7, 11) is 1.63. The maximum atomic E-state index is 10.6. The third-order valence-electron chi connectivity index (χ3n) is 1.64. The van der Waals surface area contributed by atoms with Crippen molar-refractivity contribution < 1.29 is 9.90 Å². The van der Waals surface area contributed by atoms with E-state index in [0.717, 1.165) is 0 Å². The third-order valence-corrected chi connectivity index (χ3v) is 1.64. The van der Waals surface area contributed by atoms with Crippen molar-refractivity contribution in [2.45, 2.75) is 5.92 Å². The zero-order valence-electron chi connectivity index (χ0n) is 6.64. The Morgan fingerprint density at radius 1 is 1.92 bits per heavy atom. The van der Waals surface area contributed by atoms with E-state index in [1.807, 2.05) is 0 Å². The van der Waals surface area contributed by atoms with Gasteiger partial charge in [0, 0.05) is 13.6 Å². The fourth-order valence-corrected chi connectivity index (χ4v) is 0.961. The fraction of sp³-hybridized carbons (Fsp3) is 0.500. The summed E-state index contributed by atoms with van der Waals surface area (Å²) < 4.78 is 1.41. The Bertz CT molecular complexity index is 283. The van der Waals surface area contributed by atoms with E-state index in [-0.39, 0.29) is 6.54 Å². The van der Waals surface area contributed by atoms with Crippen molar-refractivity contribution in [3.05, 3.63) is 11.9 Å². The van der Waals surface area contributed by atoms with Crippen molar-refractivity contribution in [1.82, 2.24) is 15.0 Å². The summed E-state index contributed by atoms with van der Waals surface area (Å²) in [4.78, 5) is 10.6. The van der Waals surface area contributed by atoms with Crippen LogP contribution in [0.2, 0.25) is 0 Å². The zero-order valence-corrected chi connectivity index (χ0v) is 6.64. The van der Waals surface area contributed by atoms with Crippen LogP contribution in [0.4, 0.5) is 0 Å². The van der Waals surface area contributed by atoms with E-state index in [9.17, 15) is 4.79 Å². The summed E-state index contributed by atoms with van der Waals surface area (Å²) in [5, 5.41) is 15.9. The van der Waals surface area contributed by atoms with Crippen LogP contribution in [-0.4, -0.2) is 32.6 Å². The average molecular weight is 170 g/mol. The number of hydrogen-bond acceptors (Lipinski definition) is 4. The van der Waals surface area contributed by atoms with E-state index in [0.29, 0.717) is 5.69 Å². The minimum Gasteiger partial charge on any atom is -0.481 e. The minimum absolute atomic E-state index is 0.0521. The maximum absolute atomic E-state index is 10.6. The molecule has 1 unspecified atom stereocenters. The Hall–Kier alpha value is -1.43. The lowest BCUT2D eigenvalue weighted by atomic mass is 10.1. The molecule has 66 valence electrons. The lowest BCUT2D eigenvalue weighted by Gasteiger charge is -2.07. The zero-order chi connectivity index (χ0) is 9.14. The Kier molecular flexibility index (Phi) is 2.39. The molecule has 0 aliphatic carbocycles. The van der Waals surface area contributed by atoms with Gasteiger partial charge in [0.2, 0.25) is 0 Å².